The Balaban J connectivity index is 1.89. The second-order valence-corrected chi connectivity index (χ2v) is 6.06. The average Bonchev–Trinajstić information content (AvgIpc) is 2.74. The Morgan fingerprint density at radius 1 is 1.61 bits per heavy atom. The molecule has 98 valence electrons. The molecule has 18 heavy (non-hydrogen) atoms. The molecule has 0 spiro atoms. The van der Waals surface area contributed by atoms with Crippen LogP contribution in [-0.2, 0) is 6.54 Å². The van der Waals surface area contributed by atoms with E-state index in [1.54, 1.807) is 0 Å². The molecule has 1 aliphatic rings. The van der Waals surface area contributed by atoms with Gasteiger partial charge in [0.15, 0.2) is 0 Å². The molecule has 0 aromatic heterocycles. The van der Waals surface area contributed by atoms with E-state index in [2.05, 4.69) is 28.2 Å². The van der Waals surface area contributed by atoms with Gasteiger partial charge in [-0.25, -0.2) is 4.79 Å². The van der Waals surface area contributed by atoms with Crippen LogP contribution in [0.1, 0.15) is 18.9 Å². The number of benzene rings is 1. The summed E-state index contributed by atoms with van der Waals surface area (Å²) in [5.74, 6) is 0.604. The van der Waals surface area contributed by atoms with E-state index in [9.17, 15) is 4.79 Å². The van der Waals surface area contributed by atoms with Crippen LogP contribution in [0.3, 0.4) is 0 Å². The van der Waals surface area contributed by atoms with Crippen molar-refractivity contribution in [2.45, 2.75) is 19.9 Å². The number of carbonyl (C=O) groups excluding carboxylic acids is 1. The van der Waals surface area contributed by atoms with Gasteiger partial charge in [0.1, 0.15) is 0 Å². The summed E-state index contributed by atoms with van der Waals surface area (Å²) in [5.41, 5.74) is 0.931. The summed E-state index contributed by atoms with van der Waals surface area (Å²) in [6, 6.07) is 5.67. The number of hydrogen-bond donors (Lipinski definition) is 1. The Bertz CT molecular complexity index is 453. The first kappa shape index (κ1) is 13.7. The Kier molecular flexibility index (Phi) is 4.51. The van der Waals surface area contributed by atoms with Crippen molar-refractivity contribution in [3.63, 3.8) is 0 Å². The number of nitrogens with zero attached hydrogens (tertiary/aromatic N) is 1. The van der Waals surface area contributed by atoms with Gasteiger partial charge in [0.05, 0.1) is 0 Å². The first-order chi connectivity index (χ1) is 8.56. The maximum atomic E-state index is 11.9. The van der Waals surface area contributed by atoms with Crippen molar-refractivity contribution in [3.8, 4) is 0 Å². The van der Waals surface area contributed by atoms with Crippen molar-refractivity contribution in [2.75, 3.05) is 13.1 Å². The van der Waals surface area contributed by atoms with E-state index < -0.39 is 0 Å². The maximum Gasteiger partial charge on any atom is 0.317 e. The Morgan fingerprint density at radius 3 is 3.00 bits per heavy atom. The fourth-order valence-corrected chi connectivity index (χ4v) is 2.81. The van der Waals surface area contributed by atoms with Gasteiger partial charge in [0.2, 0.25) is 0 Å². The summed E-state index contributed by atoms with van der Waals surface area (Å²) >= 11 is 9.46. The molecule has 1 unspecified atom stereocenters. The normalized spacial score (nSPS) is 19.1. The van der Waals surface area contributed by atoms with Crippen LogP contribution in [0.2, 0.25) is 5.02 Å². The molecule has 0 aliphatic carbocycles. The lowest BCUT2D eigenvalue weighted by molar-refractivity contribution is 0.207. The predicted molar refractivity (Wildman–Crippen MR) is 76.7 cm³/mol. The molecule has 2 rings (SSSR count). The molecule has 1 fully saturated rings. The van der Waals surface area contributed by atoms with Crippen LogP contribution in [0.4, 0.5) is 4.79 Å². The van der Waals surface area contributed by atoms with Crippen LogP contribution in [-0.4, -0.2) is 24.0 Å². The quantitative estimate of drug-likeness (QED) is 0.881. The SMILES string of the molecule is CC1CCN(C(=O)NCc2ccc(Br)cc2Cl)C1. The van der Waals surface area contributed by atoms with Crippen molar-refractivity contribution >= 4 is 33.6 Å². The highest BCUT2D eigenvalue weighted by Gasteiger charge is 2.22. The fourth-order valence-electron chi connectivity index (χ4n) is 2.07. The minimum absolute atomic E-state index is 0.00154. The molecule has 1 atom stereocenters. The lowest BCUT2D eigenvalue weighted by atomic mass is 10.2. The molecule has 1 saturated heterocycles. The van der Waals surface area contributed by atoms with Gasteiger partial charge in [-0.2, -0.15) is 0 Å². The smallest absolute Gasteiger partial charge is 0.317 e. The second kappa shape index (κ2) is 5.93. The first-order valence-electron chi connectivity index (χ1n) is 6.03. The van der Waals surface area contributed by atoms with Crippen LogP contribution in [0.15, 0.2) is 22.7 Å². The van der Waals surface area contributed by atoms with Crippen molar-refractivity contribution in [1.29, 1.82) is 0 Å². The lowest BCUT2D eigenvalue weighted by Gasteiger charge is -2.17. The van der Waals surface area contributed by atoms with Crippen LogP contribution in [0.25, 0.3) is 0 Å². The van der Waals surface area contributed by atoms with Crippen molar-refractivity contribution in [1.82, 2.24) is 10.2 Å². The Hall–Kier alpha value is -0.740. The summed E-state index contributed by atoms with van der Waals surface area (Å²) in [4.78, 5) is 13.8. The number of amides is 2. The summed E-state index contributed by atoms with van der Waals surface area (Å²) in [7, 11) is 0. The Morgan fingerprint density at radius 2 is 2.39 bits per heavy atom. The largest absolute Gasteiger partial charge is 0.334 e. The molecule has 0 saturated carbocycles. The number of hydrogen-bond acceptors (Lipinski definition) is 1. The number of urea groups is 1. The molecule has 0 radical (unpaired) electrons. The highest BCUT2D eigenvalue weighted by atomic mass is 79.9. The highest BCUT2D eigenvalue weighted by molar-refractivity contribution is 9.10. The minimum atomic E-state index is -0.00154. The molecule has 2 amide bonds. The monoisotopic (exact) mass is 330 g/mol. The number of nitrogens with one attached hydrogen (secondary N) is 1. The molecule has 3 nitrogen and oxygen atoms in total. The van der Waals surface area contributed by atoms with E-state index >= 15 is 0 Å². The van der Waals surface area contributed by atoms with Gasteiger partial charge >= 0.3 is 6.03 Å². The number of rotatable bonds is 2. The van der Waals surface area contributed by atoms with Gasteiger partial charge in [-0.15, -0.1) is 0 Å². The summed E-state index contributed by atoms with van der Waals surface area (Å²) in [5, 5.41) is 3.58. The topological polar surface area (TPSA) is 32.3 Å². The van der Waals surface area contributed by atoms with E-state index in [1.165, 1.54) is 0 Å². The number of carbonyl (C=O) groups is 1. The molecule has 1 aromatic rings. The number of halogens is 2. The fraction of sp³-hybridized carbons (Fsp3) is 0.462. The van der Waals surface area contributed by atoms with E-state index in [1.807, 2.05) is 23.1 Å². The van der Waals surface area contributed by atoms with Gasteiger partial charge in [0, 0.05) is 29.1 Å². The van der Waals surface area contributed by atoms with Crippen LogP contribution in [0, 0.1) is 5.92 Å². The third-order valence-electron chi connectivity index (χ3n) is 3.16. The molecule has 1 heterocycles. The standard InChI is InChI=1S/C13H16BrClN2O/c1-9-4-5-17(8-9)13(18)16-7-10-2-3-11(14)6-12(10)15/h2-3,6,9H,4-5,7-8H2,1H3,(H,16,18). The van der Waals surface area contributed by atoms with Crippen LogP contribution in [0.5, 0.6) is 0 Å². The van der Waals surface area contributed by atoms with Gasteiger partial charge in [-0.05, 0) is 30.0 Å². The van der Waals surface area contributed by atoms with E-state index in [4.69, 9.17) is 11.6 Å². The van der Waals surface area contributed by atoms with Gasteiger partial charge in [-0.3, -0.25) is 0 Å². The van der Waals surface area contributed by atoms with Gasteiger partial charge in [0.25, 0.3) is 0 Å². The van der Waals surface area contributed by atoms with Gasteiger partial charge in [-0.1, -0.05) is 40.5 Å². The van der Waals surface area contributed by atoms with Crippen molar-refractivity contribution in [3.05, 3.63) is 33.3 Å². The molecule has 1 aliphatic heterocycles. The second-order valence-electron chi connectivity index (χ2n) is 4.73. The van der Waals surface area contributed by atoms with E-state index in [-0.39, 0.29) is 6.03 Å². The third kappa shape index (κ3) is 3.39. The first-order valence-corrected chi connectivity index (χ1v) is 7.20. The van der Waals surface area contributed by atoms with E-state index in [0.717, 1.165) is 29.5 Å². The summed E-state index contributed by atoms with van der Waals surface area (Å²) in [6.07, 6.45) is 1.09. The lowest BCUT2D eigenvalue weighted by Crippen LogP contribution is -2.38. The predicted octanol–water partition coefficient (Wildman–Crippen LogP) is 3.65. The maximum absolute atomic E-state index is 11.9. The number of likely N-dealkylation sites (tertiary alicyclic amines) is 1. The zero-order valence-electron chi connectivity index (χ0n) is 10.2. The van der Waals surface area contributed by atoms with Crippen LogP contribution < -0.4 is 5.32 Å². The molecule has 1 aromatic carbocycles. The van der Waals surface area contributed by atoms with Crippen molar-refractivity contribution < 1.29 is 4.79 Å². The molecular formula is C13H16BrClN2O. The zero-order chi connectivity index (χ0) is 13.1. The van der Waals surface area contributed by atoms with Gasteiger partial charge < -0.3 is 10.2 Å². The highest BCUT2D eigenvalue weighted by Crippen LogP contribution is 2.21. The Labute approximate surface area is 121 Å². The molecule has 0 bridgehead atoms. The molecule has 5 heteroatoms. The summed E-state index contributed by atoms with van der Waals surface area (Å²) < 4.78 is 0.941. The van der Waals surface area contributed by atoms with Crippen molar-refractivity contribution in [2.24, 2.45) is 5.92 Å². The van der Waals surface area contributed by atoms with Crippen LogP contribution >= 0.6 is 27.5 Å². The van der Waals surface area contributed by atoms with E-state index in [0.29, 0.717) is 17.5 Å². The third-order valence-corrected chi connectivity index (χ3v) is 4.00. The zero-order valence-corrected chi connectivity index (χ0v) is 12.6. The molecular weight excluding hydrogens is 316 g/mol. The molecule has 1 N–H and O–H groups in total. The average molecular weight is 332 g/mol. The minimum Gasteiger partial charge on any atom is -0.334 e. The summed E-state index contributed by atoms with van der Waals surface area (Å²) in [6.45, 7) is 4.33.